The summed E-state index contributed by atoms with van der Waals surface area (Å²) < 4.78 is 3.96. The van der Waals surface area contributed by atoms with Gasteiger partial charge < -0.3 is 20.4 Å². The molecule has 0 unspecified atom stereocenters. The van der Waals surface area contributed by atoms with E-state index in [2.05, 4.69) is 65.4 Å². The molecule has 0 bridgehead atoms. The Morgan fingerprint density at radius 2 is 1.83 bits per heavy atom. The van der Waals surface area contributed by atoms with Gasteiger partial charge in [0.15, 0.2) is 5.65 Å². The van der Waals surface area contributed by atoms with Crippen molar-refractivity contribution in [1.82, 2.24) is 39.2 Å². The Balaban J connectivity index is 1.03. The molecule has 1 saturated carbocycles. The van der Waals surface area contributed by atoms with Crippen LogP contribution in [0.2, 0.25) is 0 Å². The molecule has 6 heterocycles. The number of hydrogen-bond donors (Lipinski definition) is 2. The summed E-state index contributed by atoms with van der Waals surface area (Å²) in [6.45, 7) is 5.06. The average molecular weight is 632 g/mol. The standard InChI is InChI=1S/C34H37N11O2/c1-20-13-30-38-29(39-33(46)21-11-12-21)14-31(45(30)40-20)37-26-9-6-8-24-25-15-35-44(28(25)19-42(4)32(24)26)23-17-43(18-23)16-22-7-5-10-27(36-22)34(47)41(2)3/h5-10,13-15,21,23,37H,11-12,16-19H2,1-4H3,(H,38,39,46). The number of likely N-dealkylation sites (tertiary alicyclic amines) is 1. The maximum atomic E-state index is 12.5. The highest BCUT2D eigenvalue weighted by Gasteiger charge is 2.34. The molecule has 2 N–H and O–H groups in total. The smallest absolute Gasteiger partial charge is 0.271 e. The first-order valence-corrected chi connectivity index (χ1v) is 16.0. The topological polar surface area (TPSA) is 129 Å². The lowest BCUT2D eigenvalue weighted by atomic mass is 9.97. The van der Waals surface area contributed by atoms with Gasteiger partial charge in [-0.2, -0.15) is 14.7 Å². The number of anilines is 4. The molecule has 2 amide bonds. The zero-order chi connectivity index (χ0) is 32.4. The first-order valence-electron chi connectivity index (χ1n) is 16.0. The van der Waals surface area contributed by atoms with Crippen molar-refractivity contribution < 1.29 is 9.59 Å². The van der Waals surface area contributed by atoms with E-state index in [1.54, 1.807) is 29.6 Å². The highest BCUT2D eigenvalue weighted by atomic mass is 16.2. The molecule has 1 aliphatic carbocycles. The summed E-state index contributed by atoms with van der Waals surface area (Å²) >= 11 is 0. The van der Waals surface area contributed by atoms with Gasteiger partial charge >= 0.3 is 0 Å². The molecular weight excluding hydrogens is 594 g/mol. The van der Waals surface area contributed by atoms with Crippen LogP contribution in [0.1, 0.15) is 46.5 Å². The lowest BCUT2D eigenvalue weighted by Crippen LogP contribution is -2.48. The van der Waals surface area contributed by atoms with Crippen molar-refractivity contribution in [1.29, 1.82) is 0 Å². The highest BCUT2D eigenvalue weighted by molar-refractivity contribution is 5.95. The maximum absolute atomic E-state index is 12.5. The number of aromatic nitrogens is 6. The monoisotopic (exact) mass is 631 g/mol. The molecule has 0 atom stereocenters. The largest absolute Gasteiger partial charge is 0.366 e. The van der Waals surface area contributed by atoms with Crippen LogP contribution in [0.5, 0.6) is 0 Å². The van der Waals surface area contributed by atoms with Gasteiger partial charge in [-0.05, 0) is 38.0 Å². The van der Waals surface area contributed by atoms with Gasteiger partial charge in [0.2, 0.25) is 5.91 Å². The summed E-state index contributed by atoms with van der Waals surface area (Å²) in [5, 5.41) is 16.1. The number of nitrogens with zero attached hydrogens (tertiary/aromatic N) is 9. The predicted octanol–water partition coefficient (Wildman–Crippen LogP) is 4.10. The van der Waals surface area contributed by atoms with Crippen molar-refractivity contribution >= 4 is 40.5 Å². The molecule has 0 radical (unpaired) electrons. The maximum Gasteiger partial charge on any atom is 0.271 e. The van der Waals surface area contributed by atoms with Gasteiger partial charge in [0.05, 0.1) is 47.2 Å². The second kappa shape index (κ2) is 11.2. The number of pyridine rings is 1. The normalized spacial score (nSPS) is 16.0. The third kappa shape index (κ3) is 5.35. The van der Waals surface area contributed by atoms with E-state index in [1.165, 1.54) is 5.69 Å². The van der Waals surface area contributed by atoms with Gasteiger partial charge in [0.1, 0.15) is 17.3 Å². The van der Waals surface area contributed by atoms with Gasteiger partial charge in [0.25, 0.3) is 5.91 Å². The van der Waals surface area contributed by atoms with E-state index in [-0.39, 0.29) is 23.8 Å². The van der Waals surface area contributed by atoms with Crippen LogP contribution in [-0.4, -0.2) is 85.2 Å². The molecule has 0 spiro atoms. The van der Waals surface area contributed by atoms with E-state index in [4.69, 9.17) is 5.10 Å². The molecule has 1 aromatic carbocycles. The number of aryl methyl sites for hydroxylation is 1. The Labute approximate surface area is 272 Å². The minimum Gasteiger partial charge on any atom is -0.366 e. The molecule has 13 nitrogen and oxygen atoms in total. The number of hydrogen-bond acceptors (Lipinski definition) is 9. The van der Waals surface area contributed by atoms with Crippen LogP contribution >= 0.6 is 0 Å². The molecule has 240 valence electrons. The molecule has 8 rings (SSSR count). The Morgan fingerprint density at radius 1 is 1.02 bits per heavy atom. The number of carbonyl (C=O) groups is 2. The molecular formula is C34H37N11O2. The summed E-state index contributed by atoms with van der Waals surface area (Å²) in [5.41, 5.74) is 8.30. The third-order valence-corrected chi connectivity index (χ3v) is 9.11. The number of benzene rings is 1. The Bertz CT molecular complexity index is 2040. The molecule has 47 heavy (non-hydrogen) atoms. The highest BCUT2D eigenvalue weighted by Crippen LogP contribution is 2.45. The van der Waals surface area contributed by atoms with Gasteiger partial charge in [-0.25, -0.2) is 9.97 Å². The van der Waals surface area contributed by atoms with E-state index >= 15 is 0 Å². The van der Waals surface area contributed by atoms with Crippen LogP contribution < -0.4 is 15.5 Å². The SMILES string of the molecule is Cc1cc2nc(NC(=O)C3CC3)cc(Nc3cccc4c3N(C)Cc3c-4cnn3C3CN(Cc4cccc(C(=O)N(C)C)n4)C3)n2n1. The lowest BCUT2D eigenvalue weighted by Gasteiger charge is -2.40. The van der Waals surface area contributed by atoms with Crippen molar-refractivity contribution in [3.05, 3.63) is 77.5 Å². The third-order valence-electron chi connectivity index (χ3n) is 9.11. The second-order valence-corrected chi connectivity index (χ2v) is 13.0. The minimum atomic E-state index is -0.0908. The van der Waals surface area contributed by atoms with Crippen LogP contribution in [0.4, 0.5) is 23.0 Å². The van der Waals surface area contributed by atoms with E-state index in [9.17, 15) is 9.59 Å². The van der Waals surface area contributed by atoms with Crippen LogP contribution in [-0.2, 0) is 17.9 Å². The number of nitrogens with one attached hydrogen (secondary N) is 2. The Hall–Kier alpha value is -5.30. The fourth-order valence-electron chi connectivity index (χ4n) is 6.59. The van der Waals surface area contributed by atoms with Gasteiger partial charge in [-0.15, -0.1) is 0 Å². The fraction of sp³-hybridized carbons (Fsp3) is 0.353. The summed E-state index contributed by atoms with van der Waals surface area (Å²) in [5.74, 6) is 1.24. The van der Waals surface area contributed by atoms with E-state index < -0.39 is 0 Å². The first-order chi connectivity index (χ1) is 22.7. The predicted molar refractivity (Wildman–Crippen MR) is 179 cm³/mol. The minimum absolute atomic E-state index is 0.0161. The van der Waals surface area contributed by atoms with Crippen molar-refractivity contribution in [2.75, 3.05) is 49.8 Å². The molecule has 2 aliphatic heterocycles. The quantitative estimate of drug-likeness (QED) is 0.260. The van der Waals surface area contributed by atoms with Crippen molar-refractivity contribution in [2.45, 2.75) is 38.9 Å². The number of amides is 2. The van der Waals surface area contributed by atoms with Crippen LogP contribution in [0, 0.1) is 12.8 Å². The van der Waals surface area contributed by atoms with Crippen molar-refractivity contribution in [2.24, 2.45) is 5.92 Å². The fourth-order valence-corrected chi connectivity index (χ4v) is 6.59. The van der Waals surface area contributed by atoms with Gasteiger partial charge in [0, 0.05) is 70.0 Å². The van der Waals surface area contributed by atoms with Crippen LogP contribution in [0.3, 0.4) is 0 Å². The number of carbonyl (C=O) groups excluding carboxylic acids is 2. The Morgan fingerprint density at radius 3 is 2.62 bits per heavy atom. The number of para-hydroxylation sites is 1. The van der Waals surface area contributed by atoms with Crippen molar-refractivity contribution in [3.63, 3.8) is 0 Å². The van der Waals surface area contributed by atoms with E-state index in [1.807, 2.05) is 37.4 Å². The van der Waals surface area contributed by atoms with E-state index in [0.717, 1.165) is 65.6 Å². The zero-order valence-corrected chi connectivity index (χ0v) is 26.9. The molecule has 3 aliphatic rings. The molecule has 13 heteroatoms. The van der Waals surface area contributed by atoms with E-state index in [0.29, 0.717) is 30.2 Å². The second-order valence-electron chi connectivity index (χ2n) is 13.0. The first kappa shape index (κ1) is 29.1. The summed E-state index contributed by atoms with van der Waals surface area (Å²) in [6, 6.07) is 15.9. The summed E-state index contributed by atoms with van der Waals surface area (Å²) in [7, 11) is 5.58. The molecule has 5 aromatic rings. The number of rotatable bonds is 8. The summed E-state index contributed by atoms with van der Waals surface area (Å²) in [4.78, 5) is 40.3. The average Bonchev–Trinajstić information content (AvgIpc) is 3.70. The van der Waals surface area contributed by atoms with Gasteiger partial charge in [-0.3, -0.25) is 19.2 Å². The molecule has 1 saturated heterocycles. The zero-order valence-electron chi connectivity index (χ0n) is 26.9. The van der Waals surface area contributed by atoms with Crippen LogP contribution in [0.15, 0.2) is 54.7 Å². The molecule has 4 aromatic heterocycles. The van der Waals surface area contributed by atoms with Crippen LogP contribution in [0.25, 0.3) is 16.8 Å². The summed E-state index contributed by atoms with van der Waals surface area (Å²) in [6.07, 6.45) is 3.84. The Kier molecular flexibility index (Phi) is 6.94. The van der Waals surface area contributed by atoms with Gasteiger partial charge in [-0.1, -0.05) is 18.2 Å². The van der Waals surface area contributed by atoms with Crippen molar-refractivity contribution in [3.8, 4) is 11.1 Å². The lowest BCUT2D eigenvalue weighted by molar-refractivity contribution is -0.117. The number of fused-ring (bicyclic) bond motifs is 4. The molecule has 2 fully saturated rings.